The SMILES string of the molecule is CCCCNC(=O)[C@H](Cc1ccccc1)N(Cc1cccc(C)c1)C(=O)CN(c1cccc(C)c1C)S(=O)(=O)c1ccccc1. The number of carbonyl (C=O) groups excluding carboxylic acids is 2. The molecule has 0 aliphatic heterocycles. The van der Waals surface area contributed by atoms with E-state index in [0.717, 1.165) is 40.7 Å². The van der Waals surface area contributed by atoms with Crippen molar-refractivity contribution in [3.05, 3.63) is 131 Å². The van der Waals surface area contributed by atoms with Crippen LogP contribution in [-0.2, 0) is 32.6 Å². The number of nitrogens with one attached hydrogen (secondary N) is 1. The number of amides is 2. The van der Waals surface area contributed by atoms with E-state index in [1.807, 2.05) is 81.4 Å². The van der Waals surface area contributed by atoms with Gasteiger partial charge < -0.3 is 10.2 Å². The Kier molecular flexibility index (Phi) is 11.5. The Morgan fingerprint density at radius 3 is 2.11 bits per heavy atom. The summed E-state index contributed by atoms with van der Waals surface area (Å²) in [6.45, 7) is 7.96. The molecule has 0 spiro atoms. The summed E-state index contributed by atoms with van der Waals surface area (Å²) in [7, 11) is -4.14. The highest BCUT2D eigenvalue weighted by molar-refractivity contribution is 7.92. The fourth-order valence-electron chi connectivity index (χ4n) is 5.31. The number of hydrogen-bond acceptors (Lipinski definition) is 4. The maximum Gasteiger partial charge on any atom is 0.264 e. The van der Waals surface area contributed by atoms with Gasteiger partial charge in [-0.25, -0.2) is 8.42 Å². The number of anilines is 1. The number of unbranched alkanes of at least 4 members (excludes halogenated alkanes) is 1. The van der Waals surface area contributed by atoms with Gasteiger partial charge in [-0.05, 0) is 67.6 Å². The molecular weight excluding hydrogens is 582 g/mol. The highest BCUT2D eigenvalue weighted by atomic mass is 32.2. The van der Waals surface area contributed by atoms with Gasteiger partial charge in [0.05, 0.1) is 10.6 Å². The van der Waals surface area contributed by atoms with Crippen LogP contribution < -0.4 is 9.62 Å². The smallest absolute Gasteiger partial charge is 0.264 e. The number of nitrogens with zero attached hydrogens (tertiary/aromatic N) is 2. The molecule has 4 aromatic carbocycles. The number of carbonyl (C=O) groups is 2. The van der Waals surface area contributed by atoms with Gasteiger partial charge in [-0.2, -0.15) is 0 Å². The summed E-state index contributed by atoms with van der Waals surface area (Å²) in [6, 6.07) is 30.1. The lowest BCUT2D eigenvalue weighted by atomic mass is 10.0. The van der Waals surface area contributed by atoms with E-state index in [9.17, 15) is 18.0 Å². The normalized spacial score (nSPS) is 11.9. The summed E-state index contributed by atoms with van der Waals surface area (Å²) in [5.41, 5.74) is 4.87. The Morgan fingerprint density at radius 2 is 1.44 bits per heavy atom. The van der Waals surface area contributed by atoms with Crippen molar-refractivity contribution in [3.8, 4) is 0 Å². The first-order chi connectivity index (χ1) is 21.6. The summed E-state index contributed by atoms with van der Waals surface area (Å²) in [4.78, 5) is 30.1. The summed E-state index contributed by atoms with van der Waals surface area (Å²) < 4.78 is 29.6. The zero-order valence-electron chi connectivity index (χ0n) is 26.6. The number of rotatable bonds is 14. The number of sulfonamides is 1. The van der Waals surface area contributed by atoms with Gasteiger partial charge in [-0.3, -0.25) is 13.9 Å². The first-order valence-electron chi connectivity index (χ1n) is 15.4. The van der Waals surface area contributed by atoms with Crippen LogP contribution >= 0.6 is 0 Å². The summed E-state index contributed by atoms with van der Waals surface area (Å²) in [6.07, 6.45) is 2.01. The molecular formula is C37H43N3O4S. The molecule has 2 amide bonds. The Hall–Kier alpha value is -4.43. The van der Waals surface area contributed by atoms with E-state index < -0.39 is 28.5 Å². The van der Waals surface area contributed by atoms with E-state index >= 15 is 0 Å². The van der Waals surface area contributed by atoms with Crippen molar-refractivity contribution in [3.63, 3.8) is 0 Å². The van der Waals surface area contributed by atoms with Crippen LogP contribution in [0.3, 0.4) is 0 Å². The van der Waals surface area contributed by atoms with Gasteiger partial charge in [0, 0.05) is 19.5 Å². The molecule has 236 valence electrons. The largest absolute Gasteiger partial charge is 0.354 e. The third kappa shape index (κ3) is 8.60. The van der Waals surface area contributed by atoms with Gasteiger partial charge in [-0.15, -0.1) is 0 Å². The average Bonchev–Trinajstić information content (AvgIpc) is 3.04. The van der Waals surface area contributed by atoms with Crippen LogP contribution in [-0.4, -0.2) is 44.3 Å². The highest BCUT2D eigenvalue weighted by Crippen LogP contribution is 2.29. The van der Waals surface area contributed by atoms with Gasteiger partial charge in [0.1, 0.15) is 12.6 Å². The molecule has 0 aliphatic rings. The minimum absolute atomic E-state index is 0.0853. The minimum Gasteiger partial charge on any atom is -0.354 e. The molecule has 0 radical (unpaired) electrons. The van der Waals surface area contributed by atoms with E-state index in [1.165, 1.54) is 16.4 Å². The van der Waals surface area contributed by atoms with E-state index in [1.54, 1.807) is 35.2 Å². The molecule has 4 aromatic rings. The van der Waals surface area contributed by atoms with Gasteiger partial charge in [0.15, 0.2) is 0 Å². The van der Waals surface area contributed by atoms with Crippen LogP contribution in [0, 0.1) is 20.8 Å². The van der Waals surface area contributed by atoms with Gasteiger partial charge >= 0.3 is 0 Å². The standard InChI is InChI=1S/C37H43N3O4S/c1-5-6-23-38-37(42)35(25-31-17-9-7-10-18-31)39(26-32-19-13-15-28(2)24-32)36(41)27-40(34-22-14-16-29(3)30(34)4)45(43,44)33-20-11-8-12-21-33/h7-22,24,35H,5-6,23,25-27H2,1-4H3,(H,38,42)/t35-/m0/s1. The molecule has 0 saturated carbocycles. The molecule has 0 saturated heterocycles. The van der Waals surface area contributed by atoms with Crippen molar-refractivity contribution in [1.82, 2.24) is 10.2 Å². The van der Waals surface area contributed by atoms with Gasteiger partial charge in [0.25, 0.3) is 10.0 Å². The lowest BCUT2D eigenvalue weighted by molar-refractivity contribution is -0.140. The molecule has 0 aromatic heterocycles. The van der Waals surface area contributed by atoms with Crippen molar-refractivity contribution in [2.75, 3.05) is 17.4 Å². The first-order valence-corrected chi connectivity index (χ1v) is 16.9. The molecule has 1 N–H and O–H groups in total. The second-order valence-corrected chi connectivity index (χ2v) is 13.3. The van der Waals surface area contributed by atoms with Crippen LogP contribution in [0.1, 0.15) is 47.6 Å². The molecule has 0 fully saturated rings. The Labute approximate surface area is 268 Å². The van der Waals surface area contributed by atoms with Gasteiger partial charge in [-0.1, -0.05) is 104 Å². The zero-order chi connectivity index (χ0) is 32.4. The molecule has 0 bridgehead atoms. The quantitative estimate of drug-likeness (QED) is 0.165. The van der Waals surface area contributed by atoms with Crippen molar-refractivity contribution in [2.45, 2.75) is 64.4 Å². The van der Waals surface area contributed by atoms with Crippen LogP contribution in [0.25, 0.3) is 0 Å². The van der Waals surface area contributed by atoms with Crippen molar-refractivity contribution in [1.29, 1.82) is 0 Å². The zero-order valence-corrected chi connectivity index (χ0v) is 27.4. The van der Waals surface area contributed by atoms with E-state index in [0.29, 0.717) is 12.2 Å². The second-order valence-electron chi connectivity index (χ2n) is 11.4. The van der Waals surface area contributed by atoms with Crippen LogP contribution in [0.5, 0.6) is 0 Å². The molecule has 0 aliphatic carbocycles. The number of benzene rings is 4. The van der Waals surface area contributed by atoms with Gasteiger partial charge in [0.2, 0.25) is 11.8 Å². The fraction of sp³-hybridized carbons (Fsp3) is 0.297. The molecule has 0 heterocycles. The third-order valence-corrected chi connectivity index (χ3v) is 9.76. The molecule has 0 unspecified atom stereocenters. The fourth-order valence-corrected chi connectivity index (χ4v) is 6.80. The first kappa shape index (κ1) is 33.5. The summed E-state index contributed by atoms with van der Waals surface area (Å²) >= 11 is 0. The van der Waals surface area contributed by atoms with E-state index in [4.69, 9.17) is 0 Å². The monoisotopic (exact) mass is 625 g/mol. The molecule has 7 nitrogen and oxygen atoms in total. The Balaban J connectivity index is 1.81. The minimum atomic E-state index is -4.14. The summed E-state index contributed by atoms with van der Waals surface area (Å²) in [5, 5.41) is 3.03. The van der Waals surface area contributed by atoms with E-state index in [2.05, 4.69) is 12.2 Å². The molecule has 1 atom stereocenters. The second kappa shape index (κ2) is 15.5. The average molecular weight is 626 g/mol. The maximum absolute atomic E-state index is 14.6. The lowest BCUT2D eigenvalue weighted by Gasteiger charge is -2.34. The maximum atomic E-state index is 14.6. The van der Waals surface area contributed by atoms with Crippen molar-refractivity contribution < 1.29 is 18.0 Å². The molecule has 4 rings (SSSR count). The van der Waals surface area contributed by atoms with Crippen LogP contribution in [0.2, 0.25) is 0 Å². The topological polar surface area (TPSA) is 86.8 Å². The third-order valence-electron chi connectivity index (χ3n) is 7.99. The van der Waals surface area contributed by atoms with Crippen LogP contribution in [0.4, 0.5) is 5.69 Å². The number of hydrogen-bond donors (Lipinski definition) is 1. The Bertz CT molecular complexity index is 1690. The predicted octanol–water partition coefficient (Wildman–Crippen LogP) is 6.36. The van der Waals surface area contributed by atoms with Crippen molar-refractivity contribution in [2.24, 2.45) is 0 Å². The lowest BCUT2D eigenvalue weighted by Crippen LogP contribution is -2.53. The Morgan fingerprint density at radius 1 is 0.800 bits per heavy atom. The summed E-state index contributed by atoms with van der Waals surface area (Å²) in [5.74, 6) is -0.735. The van der Waals surface area contributed by atoms with Crippen LogP contribution in [0.15, 0.2) is 108 Å². The van der Waals surface area contributed by atoms with E-state index in [-0.39, 0.29) is 23.8 Å². The highest BCUT2D eigenvalue weighted by Gasteiger charge is 2.35. The molecule has 45 heavy (non-hydrogen) atoms. The van der Waals surface area contributed by atoms with Crippen molar-refractivity contribution >= 4 is 27.5 Å². The number of aryl methyl sites for hydroxylation is 2. The predicted molar refractivity (Wildman–Crippen MR) is 180 cm³/mol. The molecule has 8 heteroatoms.